The Balaban J connectivity index is 0.749. The fourth-order valence-electron chi connectivity index (χ4n) is 12.1. The summed E-state index contributed by atoms with van der Waals surface area (Å²) in [6, 6.07) is 81.4. The predicted octanol–water partition coefficient (Wildman–Crippen LogP) is 17.3. The van der Waals surface area contributed by atoms with Crippen LogP contribution in [0.3, 0.4) is 0 Å². The number of benzene rings is 8. The average Bonchev–Trinajstić information content (AvgIpc) is 3.68. The quantitative estimate of drug-likeness (QED) is 0.0224. The van der Waals surface area contributed by atoms with Crippen LogP contribution in [0.1, 0.15) is 114 Å². The Morgan fingerprint density at radius 3 is 0.987 bits per heavy atom. The first-order valence-electron chi connectivity index (χ1n) is 29.7. The number of rotatable bonds is 35. The van der Waals surface area contributed by atoms with Crippen molar-refractivity contribution in [3.05, 3.63) is 255 Å². The third kappa shape index (κ3) is 15.9. The average molecular weight is 1070 g/mol. The van der Waals surface area contributed by atoms with Crippen molar-refractivity contribution in [2.75, 3.05) is 25.5 Å². The molecule has 0 N–H and O–H groups in total. The van der Waals surface area contributed by atoms with Gasteiger partial charge in [0, 0.05) is 5.56 Å². The Labute approximate surface area is 471 Å². The largest absolute Gasteiger partial charge is 0.103 e. The summed E-state index contributed by atoms with van der Waals surface area (Å²) in [6.45, 7) is 9.59. The molecule has 0 fully saturated rings. The molecule has 406 valence electrons. The first kappa shape index (κ1) is 57.9. The maximum atomic E-state index is 6.59. The van der Waals surface area contributed by atoms with Crippen LogP contribution in [0.4, 0.5) is 0 Å². The molecule has 0 spiro atoms. The van der Waals surface area contributed by atoms with Gasteiger partial charge in [0.25, 0.3) is 0 Å². The summed E-state index contributed by atoms with van der Waals surface area (Å²) in [5.74, 6) is 1.91. The van der Waals surface area contributed by atoms with E-state index in [-0.39, 0.29) is 0 Å². The van der Waals surface area contributed by atoms with Crippen molar-refractivity contribution in [1.82, 2.24) is 0 Å². The van der Waals surface area contributed by atoms with E-state index in [9.17, 15) is 0 Å². The molecular weight excluding hydrogens is 983 g/mol. The van der Waals surface area contributed by atoms with Crippen molar-refractivity contribution in [3.63, 3.8) is 0 Å². The van der Waals surface area contributed by atoms with Gasteiger partial charge in [-0.25, -0.2) is 0 Å². The zero-order chi connectivity index (χ0) is 53.8. The summed E-state index contributed by atoms with van der Waals surface area (Å²) in [7, 11) is -4.29. The van der Waals surface area contributed by atoms with Crippen molar-refractivity contribution in [1.29, 1.82) is 0 Å². The number of allylic oxidation sites excluding steroid dienone is 2. The van der Waals surface area contributed by atoms with E-state index in [1.54, 1.807) is 0 Å². The second-order valence-electron chi connectivity index (χ2n) is 21.5. The molecule has 0 amide bonds. The van der Waals surface area contributed by atoms with Crippen LogP contribution >= 0.6 is 14.5 Å². The van der Waals surface area contributed by atoms with Gasteiger partial charge in [0.15, 0.2) is 0 Å². The van der Waals surface area contributed by atoms with E-state index in [1.165, 1.54) is 145 Å². The standard InChI is InChI=1S/C74H88O2P2/c1-3-39-63-53-55-74(76-58-36-14-10-6-8-12-16-38-60-78(69-47-29-20-30-48-69,70-49-31-21-32-50-70)71-51-33-22-34-52-71)72(61-63)64-54-56-73(65(62-64)40-4-2)75-57-35-13-9-5-7-11-15-37-59-77(66-41-23-17-24-42-66,67-43-25-18-26-44-67)68-45-27-19-28-46-68/h3-4,17-34,41-56,61-62,77-78H,1-2,5-16,35-40,57-60H2. The van der Waals surface area contributed by atoms with E-state index in [0.29, 0.717) is 0 Å². The van der Waals surface area contributed by atoms with Gasteiger partial charge >= 0.3 is 378 Å². The maximum Gasteiger partial charge on any atom is -0.00152 e. The summed E-state index contributed by atoms with van der Waals surface area (Å²) in [5.41, 5.74) is 4.70. The monoisotopic (exact) mass is 1070 g/mol. The Morgan fingerprint density at radius 1 is 0.308 bits per heavy atom. The number of ether oxygens (including phenoxy) is 2. The minimum Gasteiger partial charge on any atom is -0.103 e. The molecule has 0 saturated heterocycles. The normalized spacial score (nSPS) is 11.9. The van der Waals surface area contributed by atoms with Gasteiger partial charge in [-0.15, -0.1) is 13.2 Å². The molecule has 0 bridgehead atoms. The molecule has 0 aliphatic carbocycles. The summed E-state index contributed by atoms with van der Waals surface area (Å²) in [5, 5.41) is 9.09. The number of hydrogen-bond acceptors (Lipinski definition) is 2. The van der Waals surface area contributed by atoms with Gasteiger partial charge in [-0.1, -0.05) is 24.3 Å². The van der Waals surface area contributed by atoms with E-state index in [4.69, 9.17) is 9.47 Å². The molecule has 2 nitrogen and oxygen atoms in total. The number of unbranched alkanes of at least 4 members (excludes halogenated alkanes) is 14. The molecular formula is C74H88O2P2. The fraction of sp³-hybridized carbons (Fsp3) is 0.297. The minimum absolute atomic E-state index is 0.722. The van der Waals surface area contributed by atoms with Crippen LogP contribution in [-0.4, -0.2) is 25.5 Å². The Kier molecular flexibility index (Phi) is 23.7. The molecule has 8 aromatic carbocycles. The van der Waals surface area contributed by atoms with E-state index in [2.05, 4.69) is 232 Å². The molecule has 0 aromatic heterocycles. The summed E-state index contributed by atoms with van der Waals surface area (Å²) in [6.07, 6.45) is 27.9. The minimum atomic E-state index is -2.15. The van der Waals surface area contributed by atoms with E-state index >= 15 is 0 Å². The van der Waals surface area contributed by atoms with Gasteiger partial charge in [-0.3, -0.25) is 0 Å². The summed E-state index contributed by atoms with van der Waals surface area (Å²) >= 11 is 0. The van der Waals surface area contributed by atoms with Crippen molar-refractivity contribution in [2.24, 2.45) is 0 Å². The van der Waals surface area contributed by atoms with Gasteiger partial charge < -0.3 is 0 Å². The van der Waals surface area contributed by atoms with Crippen LogP contribution < -0.4 is 41.3 Å². The van der Waals surface area contributed by atoms with Crippen LogP contribution in [-0.2, 0) is 12.8 Å². The summed E-state index contributed by atoms with van der Waals surface area (Å²) < 4.78 is 13.1. The van der Waals surface area contributed by atoms with Gasteiger partial charge in [0.05, 0.1) is 0 Å². The molecule has 78 heavy (non-hydrogen) atoms. The molecule has 0 aliphatic rings. The maximum absolute atomic E-state index is 6.59. The van der Waals surface area contributed by atoms with E-state index < -0.39 is 14.5 Å². The van der Waals surface area contributed by atoms with Crippen LogP contribution in [0.5, 0.6) is 11.5 Å². The van der Waals surface area contributed by atoms with Crippen LogP contribution in [0.2, 0.25) is 0 Å². The topological polar surface area (TPSA) is 18.5 Å². The van der Waals surface area contributed by atoms with Crippen molar-refractivity contribution >= 4 is 46.4 Å². The Bertz CT molecular complexity index is 2750. The third-order valence-electron chi connectivity index (χ3n) is 16.2. The summed E-state index contributed by atoms with van der Waals surface area (Å²) in [4.78, 5) is 0. The molecule has 0 atom stereocenters. The van der Waals surface area contributed by atoms with Crippen molar-refractivity contribution in [2.45, 2.75) is 116 Å². The van der Waals surface area contributed by atoms with Crippen molar-refractivity contribution in [3.8, 4) is 22.6 Å². The van der Waals surface area contributed by atoms with Gasteiger partial charge in [0.1, 0.15) is 0 Å². The van der Waals surface area contributed by atoms with Crippen molar-refractivity contribution < 1.29 is 9.47 Å². The molecule has 0 heterocycles. The van der Waals surface area contributed by atoms with Crippen LogP contribution in [0, 0.1) is 0 Å². The smallest absolute Gasteiger partial charge is 0.00152 e. The Morgan fingerprint density at radius 2 is 0.628 bits per heavy atom. The molecule has 0 aliphatic heterocycles. The van der Waals surface area contributed by atoms with Crippen LogP contribution in [0.25, 0.3) is 11.1 Å². The molecule has 8 rings (SSSR count). The predicted molar refractivity (Wildman–Crippen MR) is 347 cm³/mol. The third-order valence-corrected chi connectivity index (χ3v) is 26.3. The van der Waals surface area contributed by atoms with Gasteiger partial charge in [-0.05, 0) is 53.8 Å². The SMILES string of the molecule is C=CCc1ccc(OCCCCCCCCCC[PH](c2ccccc2)(c2ccccc2)c2ccccc2)c(-c2ccc(OCCCCCCCCCC[PH](c3ccccc3)(c3ccccc3)c3ccccc3)c(CC=C)c2)c1. The molecule has 0 radical (unpaired) electrons. The first-order chi connectivity index (χ1) is 38.7. The van der Waals surface area contributed by atoms with Crippen LogP contribution in [0.15, 0.2) is 244 Å². The molecule has 4 heteroatoms. The molecule has 0 unspecified atom stereocenters. The van der Waals surface area contributed by atoms with E-state index in [1.807, 2.05) is 12.2 Å². The van der Waals surface area contributed by atoms with Gasteiger partial charge in [-0.2, -0.15) is 0 Å². The van der Waals surface area contributed by atoms with Gasteiger partial charge in [0.2, 0.25) is 0 Å². The second-order valence-corrected chi connectivity index (χ2v) is 29.6. The Hall–Kier alpha value is -6.30. The fourth-order valence-corrected chi connectivity index (χ4v) is 22.0. The zero-order valence-corrected chi connectivity index (χ0v) is 48.7. The second kappa shape index (κ2) is 31.9. The first-order valence-corrected chi connectivity index (χ1v) is 34.1. The van der Waals surface area contributed by atoms with E-state index in [0.717, 1.165) is 61.5 Å². The molecule has 8 aromatic rings. The number of hydrogen-bond donors (Lipinski definition) is 0. The zero-order valence-electron chi connectivity index (χ0n) is 46.7. The molecule has 0 saturated carbocycles.